The van der Waals surface area contributed by atoms with Gasteiger partial charge in [0.15, 0.2) is 0 Å². The summed E-state index contributed by atoms with van der Waals surface area (Å²) in [4.78, 5) is 0. The zero-order chi connectivity index (χ0) is 14.8. The molecule has 0 spiro atoms. The van der Waals surface area contributed by atoms with Crippen LogP contribution in [0.2, 0.25) is 0 Å². The molecule has 0 radical (unpaired) electrons. The summed E-state index contributed by atoms with van der Waals surface area (Å²) in [7, 11) is 0. The molecule has 2 heteroatoms. The topological polar surface area (TPSA) is 18.5 Å². The summed E-state index contributed by atoms with van der Waals surface area (Å²) in [5.41, 5.74) is 0.369. The fraction of sp³-hybridized carbons (Fsp3) is 1.00. The van der Waals surface area contributed by atoms with Gasteiger partial charge in [-0.15, -0.1) is 0 Å². The van der Waals surface area contributed by atoms with Gasteiger partial charge in [0.2, 0.25) is 0 Å². The number of hydrogen-bond donors (Lipinski definition) is 0. The van der Waals surface area contributed by atoms with Crippen LogP contribution in [-0.4, -0.2) is 25.9 Å². The second-order valence-electron chi connectivity index (χ2n) is 6.75. The smallest absolute Gasteiger partial charge is 0.0650 e. The van der Waals surface area contributed by atoms with Gasteiger partial charge in [0.1, 0.15) is 0 Å². The minimum atomic E-state index is 0.369. The maximum Gasteiger partial charge on any atom is 0.0650 e. The molecular weight excluding hydrogens is 248 g/mol. The van der Waals surface area contributed by atoms with Crippen molar-refractivity contribution in [3.05, 3.63) is 0 Å². The predicted molar refractivity (Wildman–Crippen MR) is 86.1 cm³/mol. The van der Waals surface area contributed by atoms with Gasteiger partial charge in [0.05, 0.1) is 6.10 Å². The first kappa shape index (κ1) is 18.0. The van der Waals surface area contributed by atoms with E-state index in [0.717, 1.165) is 25.7 Å². The summed E-state index contributed by atoms with van der Waals surface area (Å²) in [6.07, 6.45) is 10.6. The molecule has 20 heavy (non-hydrogen) atoms. The highest BCUT2D eigenvalue weighted by atomic mass is 16.5. The van der Waals surface area contributed by atoms with Crippen molar-refractivity contribution in [3.8, 4) is 0 Å². The van der Waals surface area contributed by atoms with Crippen LogP contribution >= 0.6 is 0 Å². The maximum atomic E-state index is 5.91. The molecule has 120 valence electrons. The molecule has 0 aromatic carbocycles. The third kappa shape index (κ3) is 5.73. The second kappa shape index (κ2) is 9.78. The van der Waals surface area contributed by atoms with Crippen molar-refractivity contribution >= 4 is 0 Å². The highest BCUT2D eigenvalue weighted by Crippen LogP contribution is 2.38. The summed E-state index contributed by atoms with van der Waals surface area (Å²) in [6.45, 7) is 12.1. The van der Waals surface area contributed by atoms with E-state index in [0.29, 0.717) is 11.5 Å². The SMILES string of the molecule is CCCCC(CC)COCCCC(C)(CC)C1CCO1. The van der Waals surface area contributed by atoms with Crippen molar-refractivity contribution < 1.29 is 9.47 Å². The van der Waals surface area contributed by atoms with Gasteiger partial charge in [-0.3, -0.25) is 0 Å². The van der Waals surface area contributed by atoms with Crippen molar-refractivity contribution in [1.82, 2.24) is 0 Å². The first-order chi connectivity index (χ1) is 9.66. The van der Waals surface area contributed by atoms with Crippen molar-refractivity contribution in [1.29, 1.82) is 0 Å². The molecule has 0 N–H and O–H groups in total. The molecule has 0 amide bonds. The average molecular weight is 284 g/mol. The van der Waals surface area contributed by atoms with Crippen LogP contribution in [0.1, 0.15) is 79.1 Å². The second-order valence-corrected chi connectivity index (χ2v) is 6.75. The van der Waals surface area contributed by atoms with Gasteiger partial charge in [0.25, 0.3) is 0 Å². The minimum absolute atomic E-state index is 0.369. The number of rotatable bonds is 12. The van der Waals surface area contributed by atoms with E-state index >= 15 is 0 Å². The molecule has 0 saturated carbocycles. The Bertz CT molecular complexity index is 238. The van der Waals surface area contributed by atoms with Crippen LogP contribution < -0.4 is 0 Å². The van der Waals surface area contributed by atoms with E-state index in [2.05, 4.69) is 27.7 Å². The summed E-state index contributed by atoms with van der Waals surface area (Å²) in [5.74, 6) is 0.766. The zero-order valence-corrected chi connectivity index (χ0v) is 14.2. The monoisotopic (exact) mass is 284 g/mol. The molecule has 2 nitrogen and oxygen atoms in total. The quantitative estimate of drug-likeness (QED) is 0.458. The highest BCUT2D eigenvalue weighted by molar-refractivity contribution is 4.86. The molecule has 0 aromatic heterocycles. The number of hydrogen-bond acceptors (Lipinski definition) is 2. The van der Waals surface area contributed by atoms with Gasteiger partial charge >= 0.3 is 0 Å². The van der Waals surface area contributed by atoms with Gasteiger partial charge in [-0.05, 0) is 43.4 Å². The Balaban J connectivity index is 2.10. The minimum Gasteiger partial charge on any atom is -0.381 e. The van der Waals surface area contributed by atoms with E-state index in [4.69, 9.17) is 9.47 Å². The number of ether oxygens (including phenoxy) is 2. The lowest BCUT2D eigenvalue weighted by Crippen LogP contribution is -2.42. The lowest BCUT2D eigenvalue weighted by Gasteiger charge is -2.42. The Morgan fingerprint density at radius 2 is 2.00 bits per heavy atom. The van der Waals surface area contributed by atoms with Crippen molar-refractivity contribution in [2.24, 2.45) is 11.3 Å². The molecule has 1 heterocycles. The maximum absolute atomic E-state index is 5.91. The molecule has 0 bridgehead atoms. The van der Waals surface area contributed by atoms with Crippen molar-refractivity contribution in [2.45, 2.75) is 85.2 Å². The Hall–Kier alpha value is -0.0800. The Labute approximate surface area is 126 Å². The van der Waals surface area contributed by atoms with Crippen LogP contribution in [0.5, 0.6) is 0 Å². The van der Waals surface area contributed by atoms with Crippen molar-refractivity contribution in [3.63, 3.8) is 0 Å². The van der Waals surface area contributed by atoms with Crippen LogP contribution in [0.4, 0.5) is 0 Å². The fourth-order valence-corrected chi connectivity index (χ4v) is 3.08. The normalized spacial score (nSPS) is 23.1. The van der Waals surface area contributed by atoms with Gasteiger partial charge in [-0.25, -0.2) is 0 Å². The molecule has 1 saturated heterocycles. The van der Waals surface area contributed by atoms with E-state index in [-0.39, 0.29) is 0 Å². The Morgan fingerprint density at radius 1 is 1.25 bits per heavy atom. The lowest BCUT2D eigenvalue weighted by molar-refractivity contribution is -0.127. The summed E-state index contributed by atoms with van der Waals surface area (Å²) in [5, 5.41) is 0. The van der Waals surface area contributed by atoms with E-state index in [9.17, 15) is 0 Å². The summed E-state index contributed by atoms with van der Waals surface area (Å²) >= 11 is 0. The van der Waals surface area contributed by atoms with E-state index in [1.807, 2.05) is 0 Å². The number of unbranched alkanes of at least 4 members (excludes halogenated alkanes) is 1. The third-order valence-corrected chi connectivity index (χ3v) is 5.22. The first-order valence-electron chi connectivity index (χ1n) is 8.85. The predicted octanol–water partition coefficient (Wildman–Crippen LogP) is 5.20. The summed E-state index contributed by atoms with van der Waals surface area (Å²) < 4.78 is 11.6. The molecule has 0 aromatic rings. The van der Waals surface area contributed by atoms with Crippen molar-refractivity contribution in [2.75, 3.05) is 19.8 Å². The molecule has 3 atom stereocenters. The molecular formula is C18H36O2. The molecule has 1 aliphatic rings. The molecule has 0 aliphatic carbocycles. The van der Waals surface area contributed by atoms with E-state index in [1.54, 1.807) is 0 Å². The van der Waals surface area contributed by atoms with Crippen LogP contribution in [0.3, 0.4) is 0 Å². The fourth-order valence-electron chi connectivity index (χ4n) is 3.08. The summed E-state index contributed by atoms with van der Waals surface area (Å²) in [6, 6.07) is 0. The molecule has 1 aliphatic heterocycles. The Morgan fingerprint density at radius 3 is 2.50 bits per heavy atom. The van der Waals surface area contributed by atoms with Crippen LogP contribution in [0, 0.1) is 11.3 Å². The van der Waals surface area contributed by atoms with Crippen LogP contribution in [-0.2, 0) is 9.47 Å². The highest BCUT2D eigenvalue weighted by Gasteiger charge is 2.37. The molecule has 1 fully saturated rings. The van der Waals surface area contributed by atoms with Gasteiger partial charge in [0, 0.05) is 19.8 Å². The molecule has 1 rings (SSSR count). The van der Waals surface area contributed by atoms with Crippen LogP contribution in [0.15, 0.2) is 0 Å². The van der Waals surface area contributed by atoms with Gasteiger partial charge < -0.3 is 9.47 Å². The van der Waals surface area contributed by atoms with E-state index in [1.165, 1.54) is 51.4 Å². The van der Waals surface area contributed by atoms with Crippen LogP contribution in [0.25, 0.3) is 0 Å². The van der Waals surface area contributed by atoms with Gasteiger partial charge in [-0.1, -0.05) is 47.0 Å². The largest absolute Gasteiger partial charge is 0.381 e. The standard InChI is InChI=1S/C18H36O2/c1-5-8-10-16(6-2)15-19-13-9-12-18(4,7-3)17-11-14-20-17/h16-17H,5-15H2,1-4H3. The third-order valence-electron chi connectivity index (χ3n) is 5.22. The molecule has 3 unspecified atom stereocenters. The van der Waals surface area contributed by atoms with Gasteiger partial charge in [-0.2, -0.15) is 0 Å². The average Bonchev–Trinajstić information content (AvgIpc) is 2.39. The zero-order valence-electron chi connectivity index (χ0n) is 14.2. The van der Waals surface area contributed by atoms with E-state index < -0.39 is 0 Å². The first-order valence-corrected chi connectivity index (χ1v) is 8.85. The lowest BCUT2D eigenvalue weighted by atomic mass is 9.75. The Kier molecular flexibility index (Phi) is 8.79.